The summed E-state index contributed by atoms with van der Waals surface area (Å²) in [4.78, 5) is 0. The highest BCUT2D eigenvalue weighted by atomic mass is 32.1. The summed E-state index contributed by atoms with van der Waals surface area (Å²) in [5, 5.41) is 4.37. The van der Waals surface area contributed by atoms with E-state index < -0.39 is 0 Å². The van der Waals surface area contributed by atoms with E-state index in [1.54, 1.807) is 11.3 Å². The Labute approximate surface area is 97.7 Å². The van der Waals surface area contributed by atoms with Crippen LogP contribution < -0.4 is 5.73 Å². The van der Waals surface area contributed by atoms with Crippen molar-refractivity contribution in [2.75, 3.05) is 0 Å². The molecule has 0 aliphatic carbocycles. The van der Waals surface area contributed by atoms with Crippen LogP contribution in [0.4, 0.5) is 0 Å². The maximum Gasteiger partial charge on any atom is 0.00419 e. The Morgan fingerprint density at radius 1 is 1.27 bits per heavy atom. The molecule has 1 rings (SSSR count). The number of thiophene rings is 1. The van der Waals surface area contributed by atoms with Crippen LogP contribution in [-0.2, 0) is 6.42 Å². The molecule has 2 N–H and O–H groups in total. The summed E-state index contributed by atoms with van der Waals surface area (Å²) in [7, 11) is 0. The molecule has 2 heteroatoms. The van der Waals surface area contributed by atoms with Crippen LogP contribution in [0.25, 0.3) is 0 Å². The Bertz CT molecular complexity index is 231. The minimum atomic E-state index is 0.404. The lowest BCUT2D eigenvalue weighted by Gasteiger charge is -2.10. The molecule has 0 amide bonds. The molecule has 0 saturated heterocycles. The smallest absolute Gasteiger partial charge is 0.00419 e. The van der Waals surface area contributed by atoms with Crippen LogP contribution >= 0.6 is 11.3 Å². The predicted molar refractivity (Wildman–Crippen MR) is 69.4 cm³/mol. The number of aryl methyl sites for hydroxylation is 1. The van der Waals surface area contributed by atoms with Crippen LogP contribution in [0.2, 0.25) is 0 Å². The molecule has 1 heterocycles. The molecule has 86 valence electrons. The van der Waals surface area contributed by atoms with E-state index in [0.29, 0.717) is 6.04 Å². The molecule has 15 heavy (non-hydrogen) atoms. The van der Waals surface area contributed by atoms with E-state index in [2.05, 4.69) is 23.8 Å². The van der Waals surface area contributed by atoms with E-state index in [-0.39, 0.29) is 0 Å². The molecule has 0 saturated carbocycles. The van der Waals surface area contributed by atoms with Gasteiger partial charge in [-0.1, -0.05) is 32.6 Å². The van der Waals surface area contributed by atoms with Gasteiger partial charge in [0.05, 0.1) is 0 Å². The average molecular weight is 225 g/mol. The first-order valence-electron chi connectivity index (χ1n) is 6.09. The Balaban J connectivity index is 2.01. The second-order valence-corrected chi connectivity index (χ2v) is 5.06. The molecule has 0 bridgehead atoms. The van der Waals surface area contributed by atoms with E-state index >= 15 is 0 Å². The number of nitrogens with two attached hydrogens (primary N) is 1. The summed E-state index contributed by atoms with van der Waals surface area (Å²) in [6, 6.07) is 2.61. The van der Waals surface area contributed by atoms with Gasteiger partial charge in [0, 0.05) is 6.04 Å². The fourth-order valence-electron chi connectivity index (χ4n) is 1.76. The van der Waals surface area contributed by atoms with Crippen LogP contribution in [0, 0.1) is 0 Å². The maximum atomic E-state index is 6.08. The second kappa shape index (κ2) is 7.89. The number of hydrogen-bond donors (Lipinski definition) is 1. The average Bonchev–Trinajstić information content (AvgIpc) is 2.74. The molecule has 0 aliphatic rings. The van der Waals surface area contributed by atoms with Crippen molar-refractivity contribution in [3.63, 3.8) is 0 Å². The van der Waals surface area contributed by atoms with Crippen molar-refractivity contribution in [2.24, 2.45) is 5.73 Å². The van der Waals surface area contributed by atoms with Crippen LogP contribution in [0.1, 0.15) is 51.0 Å². The zero-order valence-corrected chi connectivity index (χ0v) is 10.6. The molecule has 1 aromatic heterocycles. The fraction of sp³-hybridized carbons (Fsp3) is 0.692. The Hall–Kier alpha value is -0.340. The highest BCUT2D eigenvalue weighted by Gasteiger charge is 2.03. The van der Waals surface area contributed by atoms with E-state index in [0.717, 1.165) is 12.8 Å². The molecule has 0 fully saturated rings. The first kappa shape index (κ1) is 12.7. The van der Waals surface area contributed by atoms with Crippen LogP contribution in [0.5, 0.6) is 0 Å². The number of rotatable bonds is 8. The molecule has 0 aromatic carbocycles. The monoisotopic (exact) mass is 225 g/mol. The Morgan fingerprint density at radius 3 is 2.80 bits per heavy atom. The van der Waals surface area contributed by atoms with E-state index in [1.807, 2.05) is 0 Å². The van der Waals surface area contributed by atoms with Gasteiger partial charge in [0.1, 0.15) is 0 Å². The van der Waals surface area contributed by atoms with Gasteiger partial charge in [-0.15, -0.1) is 0 Å². The second-order valence-electron chi connectivity index (χ2n) is 4.28. The van der Waals surface area contributed by atoms with Crippen LogP contribution in [-0.4, -0.2) is 6.04 Å². The van der Waals surface area contributed by atoms with E-state index in [9.17, 15) is 0 Å². The number of hydrogen-bond acceptors (Lipinski definition) is 2. The third-order valence-electron chi connectivity index (χ3n) is 2.81. The van der Waals surface area contributed by atoms with E-state index in [4.69, 9.17) is 5.73 Å². The predicted octanol–water partition coefficient (Wildman–Crippen LogP) is 3.98. The molecule has 0 aliphatic heterocycles. The lowest BCUT2D eigenvalue weighted by atomic mass is 10.0. The number of unbranched alkanes of at least 4 members (excludes halogenated alkanes) is 3. The molecule has 1 aromatic rings. The quantitative estimate of drug-likeness (QED) is 0.665. The van der Waals surface area contributed by atoms with Crippen molar-refractivity contribution < 1.29 is 0 Å². The van der Waals surface area contributed by atoms with Gasteiger partial charge in [0.25, 0.3) is 0 Å². The molecular weight excluding hydrogens is 202 g/mol. The first-order valence-corrected chi connectivity index (χ1v) is 7.04. The molecule has 0 radical (unpaired) electrons. The molecule has 1 nitrogen and oxygen atoms in total. The van der Waals surface area contributed by atoms with Gasteiger partial charge in [-0.25, -0.2) is 0 Å². The van der Waals surface area contributed by atoms with Crippen molar-refractivity contribution in [1.29, 1.82) is 0 Å². The van der Waals surface area contributed by atoms with Crippen molar-refractivity contribution in [3.05, 3.63) is 22.4 Å². The minimum absolute atomic E-state index is 0.404. The third-order valence-corrected chi connectivity index (χ3v) is 3.54. The van der Waals surface area contributed by atoms with Crippen molar-refractivity contribution in [3.8, 4) is 0 Å². The summed E-state index contributed by atoms with van der Waals surface area (Å²) < 4.78 is 0. The van der Waals surface area contributed by atoms with Gasteiger partial charge >= 0.3 is 0 Å². The topological polar surface area (TPSA) is 26.0 Å². The summed E-state index contributed by atoms with van der Waals surface area (Å²) in [5.41, 5.74) is 7.52. The lowest BCUT2D eigenvalue weighted by Crippen LogP contribution is -2.20. The highest BCUT2D eigenvalue weighted by molar-refractivity contribution is 7.07. The van der Waals surface area contributed by atoms with Gasteiger partial charge < -0.3 is 5.73 Å². The third kappa shape index (κ3) is 5.95. The normalized spacial score (nSPS) is 12.9. The lowest BCUT2D eigenvalue weighted by molar-refractivity contribution is 0.522. The zero-order chi connectivity index (χ0) is 10.9. The van der Waals surface area contributed by atoms with Gasteiger partial charge in [0.2, 0.25) is 0 Å². The molecule has 1 atom stereocenters. The van der Waals surface area contributed by atoms with Crippen LogP contribution in [0.15, 0.2) is 16.8 Å². The van der Waals surface area contributed by atoms with Gasteiger partial charge in [-0.05, 0) is 41.7 Å². The van der Waals surface area contributed by atoms with Crippen molar-refractivity contribution in [2.45, 2.75) is 57.9 Å². The fourth-order valence-corrected chi connectivity index (χ4v) is 2.47. The first-order chi connectivity index (χ1) is 7.33. The van der Waals surface area contributed by atoms with Crippen LogP contribution in [0.3, 0.4) is 0 Å². The van der Waals surface area contributed by atoms with Crippen molar-refractivity contribution in [1.82, 2.24) is 0 Å². The summed E-state index contributed by atoms with van der Waals surface area (Å²) in [6.07, 6.45) is 8.81. The van der Waals surface area contributed by atoms with Gasteiger partial charge in [-0.2, -0.15) is 11.3 Å². The Morgan fingerprint density at radius 2 is 2.13 bits per heavy atom. The zero-order valence-electron chi connectivity index (χ0n) is 9.74. The van der Waals surface area contributed by atoms with E-state index in [1.165, 1.54) is 37.7 Å². The summed E-state index contributed by atoms with van der Waals surface area (Å²) >= 11 is 1.77. The molecule has 0 spiro atoms. The molecule has 1 unspecified atom stereocenters. The van der Waals surface area contributed by atoms with Gasteiger partial charge in [-0.3, -0.25) is 0 Å². The summed E-state index contributed by atoms with van der Waals surface area (Å²) in [6.45, 7) is 2.25. The largest absolute Gasteiger partial charge is 0.328 e. The summed E-state index contributed by atoms with van der Waals surface area (Å²) in [5.74, 6) is 0. The molecular formula is C13H23NS. The SMILES string of the molecule is CCCCCCC(N)CCc1ccsc1. The standard InChI is InChI=1S/C13H23NS/c1-2-3-4-5-6-13(14)8-7-12-9-10-15-11-12/h9-11,13H,2-8,14H2,1H3. The van der Waals surface area contributed by atoms with Crippen molar-refractivity contribution >= 4 is 11.3 Å². The minimum Gasteiger partial charge on any atom is -0.328 e. The van der Waals surface area contributed by atoms with Gasteiger partial charge in [0.15, 0.2) is 0 Å². The maximum absolute atomic E-state index is 6.08. The Kier molecular flexibility index (Phi) is 6.69. The highest BCUT2D eigenvalue weighted by Crippen LogP contribution is 2.12.